The summed E-state index contributed by atoms with van der Waals surface area (Å²) in [5.41, 5.74) is 9.32. The van der Waals surface area contributed by atoms with Crippen molar-refractivity contribution >= 4 is 29.4 Å². The molecule has 2 atom stereocenters. The number of carboxylic acids is 2. The number of aryl methyl sites for hydroxylation is 1. The standard InChI is InChI=1S/C18H23FN2S.C4H6O6/c1-21(2)13-15-7-3-4-8-17(15)22-18-10-9-14(6-5-11-19)12-16(18)20;5-1(3(7)8)2(6)4(9)10/h3-4,7-10,12H,5-6,11,13,20H2,1-2H3;1-2,5-6H,(H,7,8)(H,9,10). The van der Waals surface area contributed by atoms with Crippen LogP contribution in [0.25, 0.3) is 0 Å². The Hall–Kier alpha value is -2.66. The number of aliphatic carboxylic acids is 2. The molecule has 176 valence electrons. The molecule has 6 N–H and O–H groups in total. The molecule has 2 rings (SSSR count). The van der Waals surface area contributed by atoms with Crippen molar-refractivity contribution in [1.82, 2.24) is 4.90 Å². The molecule has 0 aliphatic carbocycles. The van der Waals surface area contributed by atoms with Crippen LogP contribution in [0, 0.1) is 0 Å². The molecule has 0 saturated carbocycles. The van der Waals surface area contributed by atoms with Crippen LogP contribution in [-0.2, 0) is 22.6 Å². The fraction of sp³-hybridized carbons (Fsp3) is 0.364. The minimum atomic E-state index is -2.27. The van der Waals surface area contributed by atoms with Gasteiger partial charge in [-0.3, -0.25) is 4.39 Å². The van der Waals surface area contributed by atoms with E-state index in [9.17, 15) is 14.0 Å². The molecule has 2 aromatic rings. The van der Waals surface area contributed by atoms with E-state index in [0.29, 0.717) is 6.42 Å². The number of alkyl halides is 1. The molecule has 0 amide bonds. The van der Waals surface area contributed by atoms with Crippen molar-refractivity contribution in [3.05, 3.63) is 53.6 Å². The highest BCUT2D eigenvalue weighted by Crippen LogP contribution is 2.35. The molecule has 0 fully saturated rings. The number of hydrogen-bond donors (Lipinski definition) is 5. The van der Waals surface area contributed by atoms with Crippen LogP contribution in [-0.4, -0.2) is 70.2 Å². The van der Waals surface area contributed by atoms with E-state index >= 15 is 0 Å². The number of anilines is 1. The normalized spacial score (nSPS) is 12.6. The predicted octanol–water partition coefficient (Wildman–Crippen LogP) is 2.26. The van der Waals surface area contributed by atoms with Gasteiger partial charge in [0, 0.05) is 22.0 Å². The zero-order chi connectivity index (χ0) is 24.3. The van der Waals surface area contributed by atoms with Crippen molar-refractivity contribution in [3.8, 4) is 0 Å². The van der Waals surface area contributed by atoms with Gasteiger partial charge in [-0.05, 0) is 56.3 Å². The monoisotopic (exact) mass is 468 g/mol. The number of nitrogens with zero attached hydrogens (tertiary/aromatic N) is 1. The fourth-order valence-corrected chi connectivity index (χ4v) is 3.54. The van der Waals surface area contributed by atoms with E-state index in [0.717, 1.165) is 29.1 Å². The summed E-state index contributed by atoms with van der Waals surface area (Å²) in [6.45, 7) is 0.617. The molecule has 0 aromatic heterocycles. The van der Waals surface area contributed by atoms with Gasteiger partial charge in [-0.2, -0.15) is 0 Å². The summed E-state index contributed by atoms with van der Waals surface area (Å²) in [4.78, 5) is 24.0. The molecule has 2 unspecified atom stereocenters. The lowest BCUT2D eigenvalue weighted by Gasteiger charge is -2.14. The van der Waals surface area contributed by atoms with Crippen LogP contribution in [0.5, 0.6) is 0 Å². The van der Waals surface area contributed by atoms with Crippen molar-refractivity contribution in [1.29, 1.82) is 0 Å². The summed E-state index contributed by atoms with van der Waals surface area (Å²) in [5.74, 6) is -3.54. The van der Waals surface area contributed by atoms with E-state index in [1.54, 1.807) is 11.8 Å². The smallest absolute Gasteiger partial charge is 0.335 e. The lowest BCUT2D eigenvalue weighted by atomic mass is 10.1. The Morgan fingerprint density at radius 3 is 2.12 bits per heavy atom. The van der Waals surface area contributed by atoms with Gasteiger partial charge in [0.25, 0.3) is 0 Å². The zero-order valence-electron chi connectivity index (χ0n) is 17.9. The van der Waals surface area contributed by atoms with Gasteiger partial charge in [0.1, 0.15) is 0 Å². The highest BCUT2D eigenvalue weighted by molar-refractivity contribution is 7.99. The number of rotatable bonds is 10. The highest BCUT2D eigenvalue weighted by atomic mass is 32.2. The molecule has 2 aromatic carbocycles. The van der Waals surface area contributed by atoms with Crippen molar-refractivity contribution in [2.24, 2.45) is 0 Å². The number of carboxylic acid groups (broad SMARTS) is 2. The quantitative estimate of drug-likeness (QED) is 0.332. The summed E-state index contributed by atoms with van der Waals surface area (Å²) in [6.07, 6.45) is -3.24. The van der Waals surface area contributed by atoms with Gasteiger partial charge in [0.2, 0.25) is 0 Å². The highest BCUT2D eigenvalue weighted by Gasteiger charge is 2.29. The summed E-state index contributed by atoms with van der Waals surface area (Å²) in [7, 11) is 4.13. The molecule has 0 radical (unpaired) electrons. The Morgan fingerprint density at radius 1 is 1.03 bits per heavy atom. The van der Waals surface area contributed by atoms with Crippen LogP contribution >= 0.6 is 11.8 Å². The van der Waals surface area contributed by atoms with E-state index in [-0.39, 0.29) is 6.67 Å². The molecular formula is C22H29FN2O6S. The number of nitrogens with two attached hydrogens (primary N) is 1. The van der Waals surface area contributed by atoms with E-state index in [1.165, 1.54) is 10.5 Å². The van der Waals surface area contributed by atoms with E-state index in [1.807, 2.05) is 24.3 Å². The number of halogens is 1. The van der Waals surface area contributed by atoms with Gasteiger partial charge in [-0.1, -0.05) is 36.0 Å². The molecule has 8 nitrogen and oxygen atoms in total. The van der Waals surface area contributed by atoms with Crippen LogP contribution in [0.3, 0.4) is 0 Å². The van der Waals surface area contributed by atoms with E-state index in [2.05, 4.69) is 37.2 Å². The van der Waals surface area contributed by atoms with Crippen LogP contribution in [0.15, 0.2) is 52.3 Å². The first kappa shape index (κ1) is 27.4. The summed E-state index contributed by atoms with van der Waals surface area (Å²) in [6, 6.07) is 14.4. The third kappa shape index (κ3) is 9.23. The Kier molecular flexibility index (Phi) is 11.7. The van der Waals surface area contributed by atoms with Crippen LogP contribution in [0.4, 0.5) is 10.1 Å². The maximum atomic E-state index is 12.3. The number of carbonyl (C=O) groups is 2. The third-order valence-corrected chi connectivity index (χ3v) is 5.37. The topological polar surface area (TPSA) is 144 Å². The molecule has 0 aliphatic rings. The summed E-state index contributed by atoms with van der Waals surface area (Å²) in [5, 5.41) is 32.5. The first-order valence-corrected chi connectivity index (χ1v) is 10.5. The summed E-state index contributed by atoms with van der Waals surface area (Å²) >= 11 is 1.69. The predicted molar refractivity (Wildman–Crippen MR) is 120 cm³/mol. The minimum absolute atomic E-state index is 0.283. The first-order chi connectivity index (χ1) is 15.1. The fourth-order valence-electron chi connectivity index (χ4n) is 2.58. The van der Waals surface area contributed by atoms with Crippen LogP contribution in [0.1, 0.15) is 17.5 Å². The lowest BCUT2D eigenvalue weighted by Crippen LogP contribution is -2.39. The molecule has 0 saturated heterocycles. The molecule has 0 aliphatic heterocycles. The van der Waals surface area contributed by atoms with Crippen molar-refractivity contribution in [3.63, 3.8) is 0 Å². The van der Waals surface area contributed by atoms with Crippen molar-refractivity contribution < 1.29 is 34.4 Å². The Balaban J connectivity index is 0.000000433. The molecule has 0 spiro atoms. The van der Waals surface area contributed by atoms with Gasteiger partial charge >= 0.3 is 11.9 Å². The van der Waals surface area contributed by atoms with Crippen LogP contribution in [0.2, 0.25) is 0 Å². The van der Waals surface area contributed by atoms with E-state index in [4.69, 9.17) is 26.2 Å². The van der Waals surface area contributed by atoms with Gasteiger partial charge in [0.15, 0.2) is 12.2 Å². The van der Waals surface area contributed by atoms with Crippen LogP contribution < -0.4 is 5.73 Å². The van der Waals surface area contributed by atoms with Crippen molar-refractivity contribution in [2.75, 3.05) is 26.5 Å². The van der Waals surface area contributed by atoms with E-state index < -0.39 is 24.1 Å². The number of hydrogen-bond acceptors (Lipinski definition) is 7. The number of nitrogen functional groups attached to an aromatic ring is 1. The number of aliphatic hydroxyl groups excluding tert-OH is 2. The maximum absolute atomic E-state index is 12.3. The maximum Gasteiger partial charge on any atom is 0.335 e. The second-order valence-corrected chi connectivity index (χ2v) is 8.26. The average molecular weight is 469 g/mol. The number of aliphatic hydroxyl groups is 2. The first-order valence-electron chi connectivity index (χ1n) is 9.73. The second-order valence-electron chi connectivity index (χ2n) is 7.18. The number of benzene rings is 2. The molecule has 10 heteroatoms. The second kappa shape index (κ2) is 13.7. The SMILES string of the molecule is CN(C)Cc1ccccc1Sc1ccc(CCCF)cc1N.O=C(O)C(O)C(O)C(=O)O. The lowest BCUT2D eigenvalue weighted by molar-refractivity contribution is -0.165. The third-order valence-electron chi connectivity index (χ3n) is 4.16. The average Bonchev–Trinajstić information content (AvgIpc) is 2.74. The Morgan fingerprint density at radius 2 is 1.62 bits per heavy atom. The molecule has 0 bridgehead atoms. The van der Waals surface area contributed by atoms with Crippen molar-refractivity contribution in [2.45, 2.75) is 41.4 Å². The molecule has 32 heavy (non-hydrogen) atoms. The molecular weight excluding hydrogens is 439 g/mol. The largest absolute Gasteiger partial charge is 0.479 e. The minimum Gasteiger partial charge on any atom is -0.479 e. The van der Waals surface area contributed by atoms with Gasteiger partial charge < -0.3 is 31.1 Å². The van der Waals surface area contributed by atoms with Gasteiger partial charge in [-0.15, -0.1) is 0 Å². The summed E-state index contributed by atoms with van der Waals surface area (Å²) < 4.78 is 12.3. The Bertz CT molecular complexity index is 878. The molecule has 0 heterocycles. The Labute approximate surface area is 190 Å². The van der Waals surface area contributed by atoms with Gasteiger partial charge in [-0.25, -0.2) is 9.59 Å². The van der Waals surface area contributed by atoms with Gasteiger partial charge in [0.05, 0.1) is 6.67 Å². The zero-order valence-corrected chi connectivity index (χ0v) is 18.8.